The lowest BCUT2D eigenvalue weighted by Gasteiger charge is -2.15. The maximum atomic E-state index is 12.9. The third kappa shape index (κ3) is 8.09. The van der Waals surface area contributed by atoms with E-state index in [1.807, 2.05) is 37.3 Å². The smallest absolute Gasteiger partial charge is 0.319 e. The molecule has 3 aromatic carbocycles. The minimum atomic E-state index is -0.548. The molecule has 0 saturated heterocycles. The summed E-state index contributed by atoms with van der Waals surface area (Å²) in [5.41, 5.74) is 1.89. The first-order valence-electron chi connectivity index (χ1n) is 12.6. The predicted molar refractivity (Wildman–Crippen MR) is 147 cm³/mol. The van der Waals surface area contributed by atoms with Crippen molar-refractivity contribution in [1.29, 1.82) is 0 Å². The summed E-state index contributed by atoms with van der Waals surface area (Å²) >= 11 is 0. The summed E-state index contributed by atoms with van der Waals surface area (Å²) in [7, 11) is 0. The van der Waals surface area contributed by atoms with Crippen molar-refractivity contribution in [1.82, 2.24) is 10.6 Å². The molecule has 39 heavy (non-hydrogen) atoms. The molecule has 0 aliphatic heterocycles. The Bertz CT molecular complexity index is 1300. The van der Waals surface area contributed by atoms with Crippen LogP contribution in [-0.2, 0) is 13.1 Å². The van der Waals surface area contributed by atoms with Crippen LogP contribution in [-0.4, -0.2) is 36.7 Å². The van der Waals surface area contributed by atoms with Gasteiger partial charge in [0, 0.05) is 24.3 Å². The van der Waals surface area contributed by atoms with Crippen LogP contribution < -0.4 is 30.2 Å². The number of hydrogen-bond acceptors (Lipinski definition) is 7. The Morgan fingerprint density at radius 2 is 1.46 bits per heavy atom. The Morgan fingerprint density at radius 1 is 0.795 bits per heavy atom. The van der Waals surface area contributed by atoms with Crippen molar-refractivity contribution < 1.29 is 28.7 Å². The number of carbonyl (C=O) groups is 2. The molecule has 0 aliphatic rings. The van der Waals surface area contributed by atoms with Crippen LogP contribution in [0.3, 0.4) is 0 Å². The van der Waals surface area contributed by atoms with Crippen LogP contribution >= 0.6 is 0 Å². The zero-order valence-electron chi connectivity index (χ0n) is 22.1. The minimum absolute atomic E-state index is 0.0146. The molecule has 206 valence electrons. The first-order valence-corrected chi connectivity index (χ1v) is 12.6. The molecule has 11 heteroatoms. The lowest BCUT2D eigenvalue weighted by molar-refractivity contribution is -0.385. The molecule has 0 aromatic heterocycles. The average molecular weight is 537 g/mol. The fourth-order valence-electron chi connectivity index (χ4n) is 3.72. The van der Waals surface area contributed by atoms with E-state index >= 15 is 0 Å². The number of urea groups is 1. The second-order valence-corrected chi connectivity index (χ2v) is 8.17. The van der Waals surface area contributed by atoms with Gasteiger partial charge in [0.1, 0.15) is 11.5 Å². The zero-order chi connectivity index (χ0) is 28.2. The van der Waals surface area contributed by atoms with E-state index < -0.39 is 11.0 Å². The number of anilines is 1. The fraction of sp³-hybridized carbons (Fsp3) is 0.286. The van der Waals surface area contributed by atoms with Crippen LogP contribution in [0, 0.1) is 10.1 Å². The van der Waals surface area contributed by atoms with E-state index in [4.69, 9.17) is 14.2 Å². The fourth-order valence-corrected chi connectivity index (χ4v) is 3.72. The van der Waals surface area contributed by atoms with E-state index in [1.54, 1.807) is 26.0 Å². The summed E-state index contributed by atoms with van der Waals surface area (Å²) in [6, 6.07) is 16.5. The van der Waals surface area contributed by atoms with Crippen LogP contribution in [0.25, 0.3) is 0 Å². The van der Waals surface area contributed by atoms with Crippen molar-refractivity contribution in [3.8, 4) is 17.2 Å². The van der Waals surface area contributed by atoms with Crippen molar-refractivity contribution in [2.24, 2.45) is 0 Å². The van der Waals surface area contributed by atoms with Gasteiger partial charge in [-0.25, -0.2) is 4.79 Å². The number of nitro benzene ring substituents is 1. The Hall–Kier alpha value is -4.80. The SMILES string of the molecule is CCOc1cc([N+](=O)[O-])c(OCC)cc1CNC(=O)Nc1ccc(OCC)c(C(=O)NCc2ccccc2)c1. The van der Waals surface area contributed by atoms with Gasteiger partial charge < -0.3 is 30.2 Å². The van der Waals surface area contributed by atoms with E-state index in [0.717, 1.165) is 5.56 Å². The van der Waals surface area contributed by atoms with Crippen molar-refractivity contribution in [2.75, 3.05) is 25.1 Å². The lowest BCUT2D eigenvalue weighted by atomic mass is 10.1. The maximum absolute atomic E-state index is 12.9. The third-order valence-electron chi connectivity index (χ3n) is 5.46. The molecule has 0 aliphatic carbocycles. The first kappa shape index (κ1) is 28.8. The molecular formula is C28H32N4O7. The molecule has 0 unspecified atom stereocenters. The Morgan fingerprint density at radius 3 is 2.13 bits per heavy atom. The van der Waals surface area contributed by atoms with Gasteiger partial charge in [-0.05, 0) is 50.6 Å². The Balaban J connectivity index is 1.72. The number of amides is 3. The number of nitro groups is 1. The normalized spacial score (nSPS) is 10.3. The van der Waals surface area contributed by atoms with Gasteiger partial charge in [0.15, 0.2) is 5.75 Å². The highest BCUT2D eigenvalue weighted by molar-refractivity contribution is 5.99. The molecule has 3 amide bonds. The molecule has 11 nitrogen and oxygen atoms in total. The number of rotatable bonds is 13. The second kappa shape index (κ2) is 14.2. The summed E-state index contributed by atoms with van der Waals surface area (Å²) in [4.78, 5) is 36.5. The summed E-state index contributed by atoms with van der Waals surface area (Å²) in [5.74, 6) is 0.402. The third-order valence-corrected chi connectivity index (χ3v) is 5.46. The first-order chi connectivity index (χ1) is 18.9. The lowest BCUT2D eigenvalue weighted by Crippen LogP contribution is -2.29. The van der Waals surface area contributed by atoms with Crippen molar-refractivity contribution in [3.63, 3.8) is 0 Å². The van der Waals surface area contributed by atoms with Crippen LogP contribution in [0.1, 0.15) is 42.3 Å². The average Bonchev–Trinajstić information content (AvgIpc) is 2.93. The number of hydrogen-bond donors (Lipinski definition) is 3. The summed E-state index contributed by atoms with van der Waals surface area (Å²) in [5, 5.41) is 19.7. The van der Waals surface area contributed by atoms with Gasteiger partial charge >= 0.3 is 11.7 Å². The molecule has 0 saturated carbocycles. The molecule has 0 fully saturated rings. The highest BCUT2D eigenvalue weighted by atomic mass is 16.6. The molecule has 3 aromatic rings. The zero-order valence-corrected chi connectivity index (χ0v) is 22.1. The van der Waals surface area contributed by atoms with Crippen molar-refractivity contribution >= 4 is 23.3 Å². The molecule has 0 spiro atoms. The summed E-state index contributed by atoms with van der Waals surface area (Å²) < 4.78 is 16.6. The van der Waals surface area contributed by atoms with Gasteiger partial charge in [0.05, 0.1) is 36.4 Å². The van der Waals surface area contributed by atoms with Gasteiger partial charge in [-0.15, -0.1) is 0 Å². The van der Waals surface area contributed by atoms with E-state index in [1.165, 1.54) is 18.2 Å². The highest BCUT2D eigenvalue weighted by Gasteiger charge is 2.21. The maximum Gasteiger partial charge on any atom is 0.319 e. The number of carbonyl (C=O) groups excluding carboxylic acids is 2. The molecule has 3 N–H and O–H groups in total. The summed E-state index contributed by atoms with van der Waals surface area (Å²) in [6.45, 7) is 6.53. The van der Waals surface area contributed by atoms with Gasteiger partial charge in [0.2, 0.25) is 0 Å². The summed E-state index contributed by atoms with van der Waals surface area (Å²) in [6.07, 6.45) is 0. The van der Waals surface area contributed by atoms with E-state index in [2.05, 4.69) is 16.0 Å². The van der Waals surface area contributed by atoms with Crippen LogP contribution in [0.4, 0.5) is 16.2 Å². The molecule has 0 heterocycles. The monoisotopic (exact) mass is 536 g/mol. The standard InChI is InChI=1S/C28H32N4O7/c1-4-37-24-13-12-21(15-22(24)27(33)29-17-19-10-8-7-9-11-19)31-28(34)30-18-20-14-26(39-6-3)23(32(35)36)16-25(20)38-5-2/h7-16H,4-6,17-18H2,1-3H3,(H,29,33)(H2,30,31,34). The van der Waals surface area contributed by atoms with E-state index in [9.17, 15) is 19.7 Å². The Kier molecular flexibility index (Phi) is 10.5. The van der Waals surface area contributed by atoms with Gasteiger partial charge in [0.25, 0.3) is 5.91 Å². The molecule has 3 rings (SSSR count). The van der Waals surface area contributed by atoms with Crippen LogP contribution in [0.5, 0.6) is 17.2 Å². The Labute approximate surface area is 226 Å². The van der Waals surface area contributed by atoms with Gasteiger partial charge in [-0.2, -0.15) is 0 Å². The van der Waals surface area contributed by atoms with Crippen molar-refractivity contribution in [3.05, 3.63) is 87.5 Å². The van der Waals surface area contributed by atoms with Crippen LogP contribution in [0.15, 0.2) is 60.7 Å². The number of nitrogens with zero attached hydrogens (tertiary/aromatic N) is 1. The molecule has 0 bridgehead atoms. The van der Waals surface area contributed by atoms with Gasteiger partial charge in [-0.1, -0.05) is 30.3 Å². The topological polar surface area (TPSA) is 141 Å². The van der Waals surface area contributed by atoms with E-state index in [0.29, 0.717) is 30.2 Å². The minimum Gasteiger partial charge on any atom is -0.493 e. The number of benzene rings is 3. The quantitative estimate of drug-likeness (QED) is 0.205. The molecule has 0 radical (unpaired) electrons. The molecule has 0 atom stereocenters. The second-order valence-electron chi connectivity index (χ2n) is 8.17. The predicted octanol–water partition coefficient (Wildman–Crippen LogP) is 5.04. The highest BCUT2D eigenvalue weighted by Crippen LogP contribution is 2.35. The number of ether oxygens (including phenoxy) is 3. The van der Waals surface area contributed by atoms with Gasteiger partial charge in [-0.3, -0.25) is 14.9 Å². The largest absolute Gasteiger partial charge is 0.493 e. The van der Waals surface area contributed by atoms with Crippen LogP contribution in [0.2, 0.25) is 0 Å². The van der Waals surface area contributed by atoms with Crippen molar-refractivity contribution in [2.45, 2.75) is 33.9 Å². The number of nitrogens with one attached hydrogen (secondary N) is 3. The molecular weight excluding hydrogens is 504 g/mol. The van der Waals surface area contributed by atoms with E-state index in [-0.39, 0.29) is 48.4 Å².